The molecule has 0 aromatic heterocycles. The van der Waals surface area contributed by atoms with Crippen molar-refractivity contribution < 1.29 is 0 Å². The van der Waals surface area contributed by atoms with Gasteiger partial charge in [-0.05, 0) is 17.2 Å². The molecule has 1 rings (SSSR count). The fraction of sp³-hybridized carbons (Fsp3) is 0.111. The molecule has 12 heavy (non-hydrogen) atoms. The molecule has 0 aliphatic heterocycles. The van der Waals surface area contributed by atoms with Crippen LogP contribution in [-0.2, 0) is 6.04 Å². The molecule has 0 fully saturated rings. The van der Waals surface area contributed by atoms with E-state index in [9.17, 15) is 0 Å². The van der Waals surface area contributed by atoms with E-state index in [2.05, 4.69) is 6.58 Å². The van der Waals surface area contributed by atoms with Crippen LogP contribution in [0.2, 0.25) is 0 Å². The molecule has 0 aliphatic carbocycles. The van der Waals surface area contributed by atoms with Crippen LogP contribution in [0, 0.1) is 0 Å². The summed E-state index contributed by atoms with van der Waals surface area (Å²) in [6.07, 6.45) is 1.83. The van der Waals surface area contributed by atoms with E-state index in [4.69, 9.17) is 22.2 Å². The van der Waals surface area contributed by atoms with Crippen molar-refractivity contribution in [3.63, 3.8) is 0 Å². The second kappa shape index (κ2) is 4.70. The van der Waals surface area contributed by atoms with Gasteiger partial charge >= 0.3 is 0 Å². The third kappa shape index (κ3) is 2.66. The van der Waals surface area contributed by atoms with Gasteiger partial charge in [-0.1, -0.05) is 36.9 Å². The van der Waals surface area contributed by atoms with Crippen molar-refractivity contribution in [1.82, 2.24) is 0 Å². The van der Waals surface area contributed by atoms with E-state index in [0.717, 1.165) is 11.6 Å². The van der Waals surface area contributed by atoms with E-state index in [1.165, 1.54) is 5.56 Å². The van der Waals surface area contributed by atoms with Crippen LogP contribution in [0.5, 0.6) is 0 Å². The molecular weight excluding hydrogens is 207 g/mol. The molecular formula is C9H9Cl2Si. The predicted octanol–water partition coefficient (Wildman–Crippen LogP) is 3.38. The summed E-state index contributed by atoms with van der Waals surface area (Å²) in [6.45, 7) is 3.72. The Kier molecular flexibility index (Phi) is 3.86. The van der Waals surface area contributed by atoms with Crippen molar-refractivity contribution in [2.24, 2.45) is 0 Å². The molecule has 1 aromatic rings. The van der Waals surface area contributed by atoms with Gasteiger partial charge in [-0.3, -0.25) is 0 Å². The van der Waals surface area contributed by atoms with Crippen LogP contribution in [-0.4, -0.2) is 7.42 Å². The van der Waals surface area contributed by atoms with E-state index in [1.54, 1.807) is 0 Å². The summed E-state index contributed by atoms with van der Waals surface area (Å²) in [7, 11) is -1.22. The van der Waals surface area contributed by atoms with E-state index < -0.39 is 7.42 Å². The van der Waals surface area contributed by atoms with Gasteiger partial charge < -0.3 is 0 Å². The normalized spacial score (nSPS) is 10.2. The molecule has 0 atom stereocenters. The molecule has 1 aromatic carbocycles. The van der Waals surface area contributed by atoms with E-state index in [0.29, 0.717) is 0 Å². The van der Waals surface area contributed by atoms with Gasteiger partial charge in [-0.15, -0.1) is 22.2 Å². The minimum atomic E-state index is -1.22. The van der Waals surface area contributed by atoms with Crippen LogP contribution < -0.4 is 0 Å². The number of hydrogen-bond donors (Lipinski definition) is 0. The summed E-state index contributed by atoms with van der Waals surface area (Å²) >= 11 is 11.5. The fourth-order valence-electron chi connectivity index (χ4n) is 1.04. The van der Waals surface area contributed by atoms with Crippen molar-refractivity contribution in [3.05, 3.63) is 42.0 Å². The SMILES string of the molecule is C=Cc1ccccc1C[Si](Cl)Cl. The molecule has 1 radical (unpaired) electrons. The molecule has 0 saturated heterocycles. The summed E-state index contributed by atoms with van der Waals surface area (Å²) in [5.74, 6) is 0. The number of rotatable bonds is 3. The summed E-state index contributed by atoms with van der Waals surface area (Å²) in [5, 5.41) is 0. The first-order valence-corrected chi connectivity index (χ1v) is 7.34. The third-order valence-corrected chi connectivity index (χ3v) is 3.05. The van der Waals surface area contributed by atoms with Gasteiger partial charge in [0.15, 0.2) is 0 Å². The monoisotopic (exact) mass is 215 g/mol. The molecule has 0 nitrogen and oxygen atoms in total. The second-order valence-electron chi connectivity index (χ2n) is 2.42. The zero-order chi connectivity index (χ0) is 8.97. The van der Waals surface area contributed by atoms with Gasteiger partial charge in [0.25, 0.3) is 7.42 Å². The quantitative estimate of drug-likeness (QED) is 0.536. The van der Waals surface area contributed by atoms with E-state index in [1.807, 2.05) is 30.3 Å². The first kappa shape index (κ1) is 9.84. The maximum Gasteiger partial charge on any atom is 0.278 e. The van der Waals surface area contributed by atoms with Crippen molar-refractivity contribution in [2.75, 3.05) is 0 Å². The molecule has 63 valence electrons. The Bertz CT molecular complexity index is 271. The number of hydrogen-bond acceptors (Lipinski definition) is 0. The fourth-order valence-corrected chi connectivity index (χ4v) is 2.51. The lowest BCUT2D eigenvalue weighted by molar-refractivity contribution is 1.37. The Balaban J connectivity index is 2.89. The second-order valence-corrected chi connectivity index (χ2v) is 6.77. The molecule has 0 amide bonds. The molecule has 0 N–H and O–H groups in total. The predicted molar refractivity (Wildman–Crippen MR) is 57.7 cm³/mol. The molecule has 3 heteroatoms. The standard InChI is InChI=1S/C9H9Cl2Si/c1-2-8-5-3-4-6-9(8)7-12(10)11/h2-6H,1,7H2. The zero-order valence-electron chi connectivity index (χ0n) is 6.56. The lowest BCUT2D eigenvalue weighted by Gasteiger charge is -2.03. The maximum absolute atomic E-state index is 5.77. The molecule has 0 spiro atoms. The average molecular weight is 216 g/mol. The lowest BCUT2D eigenvalue weighted by Crippen LogP contribution is -2.01. The minimum absolute atomic E-state index is 0.774. The van der Waals surface area contributed by atoms with Crippen molar-refractivity contribution in [2.45, 2.75) is 6.04 Å². The molecule has 0 heterocycles. The van der Waals surface area contributed by atoms with Crippen LogP contribution in [0.15, 0.2) is 30.8 Å². The van der Waals surface area contributed by atoms with Crippen LogP contribution in [0.3, 0.4) is 0 Å². The first-order valence-electron chi connectivity index (χ1n) is 3.61. The Morgan fingerprint density at radius 2 is 2.00 bits per heavy atom. The van der Waals surface area contributed by atoms with E-state index in [-0.39, 0.29) is 0 Å². The Labute approximate surface area is 83.8 Å². The van der Waals surface area contributed by atoms with Crippen LogP contribution >= 0.6 is 22.2 Å². The van der Waals surface area contributed by atoms with Gasteiger partial charge in [0, 0.05) is 0 Å². The Morgan fingerprint density at radius 1 is 1.33 bits per heavy atom. The van der Waals surface area contributed by atoms with Gasteiger partial charge in [0.1, 0.15) is 0 Å². The van der Waals surface area contributed by atoms with Crippen molar-refractivity contribution in [1.29, 1.82) is 0 Å². The maximum atomic E-state index is 5.77. The highest BCUT2D eigenvalue weighted by atomic mass is 35.7. The van der Waals surface area contributed by atoms with Gasteiger partial charge in [-0.25, -0.2) is 0 Å². The van der Waals surface area contributed by atoms with Crippen LogP contribution in [0.25, 0.3) is 6.08 Å². The molecule has 0 saturated carbocycles. The highest BCUT2D eigenvalue weighted by molar-refractivity contribution is 7.33. The van der Waals surface area contributed by atoms with Crippen molar-refractivity contribution in [3.8, 4) is 0 Å². The highest BCUT2D eigenvalue weighted by Crippen LogP contribution is 2.14. The molecule has 0 bridgehead atoms. The number of benzene rings is 1. The minimum Gasteiger partial charge on any atom is -0.146 e. The number of halogens is 2. The van der Waals surface area contributed by atoms with Gasteiger partial charge in [0.2, 0.25) is 0 Å². The smallest absolute Gasteiger partial charge is 0.146 e. The Hall–Kier alpha value is -0.243. The van der Waals surface area contributed by atoms with E-state index >= 15 is 0 Å². The van der Waals surface area contributed by atoms with Gasteiger partial charge in [-0.2, -0.15) is 0 Å². The van der Waals surface area contributed by atoms with Gasteiger partial charge in [0.05, 0.1) is 0 Å². The average Bonchev–Trinajstić information content (AvgIpc) is 2.04. The first-order chi connectivity index (χ1) is 5.74. The summed E-state index contributed by atoms with van der Waals surface area (Å²) < 4.78 is 0. The molecule has 0 aliphatic rings. The third-order valence-electron chi connectivity index (χ3n) is 1.60. The lowest BCUT2D eigenvalue weighted by atomic mass is 10.1. The summed E-state index contributed by atoms with van der Waals surface area (Å²) in [5.41, 5.74) is 2.31. The summed E-state index contributed by atoms with van der Waals surface area (Å²) in [6, 6.07) is 8.79. The zero-order valence-corrected chi connectivity index (χ0v) is 9.07. The van der Waals surface area contributed by atoms with Crippen LogP contribution in [0.4, 0.5) is 0 Å². The highest BCUT2D eigenvalue weighted by Gasteiger charge is 2.06. The largest absolute Gasteiger partial charge is 0.278 e. The summed E-state index contributed by atoms with van der Waals surface area (Å²) in [4.78, 5) is 0. The molecule has 0 unspecified atom stereocenters. The topological polar surface area (TPSA) is 0 Å². The van der Waals surface area contributed by atoms with Crippen molar-refractivity contribution >= 4 is 35.7 Å². The van der Waals surface area contributed by atoms with Crippen LogP contribution in [0.1, 0.15) is 11.1 Å². The Morgan fingerprint density at radius 3 is 2.58 bits per heavy atom.